The van der Waals surface area contributed by atoms with Crippen LogP contribution in [0.2, 0.25) is 6.04 Å². The monoisotopic (exact) mass is 285 g/mol. The average molecular weight is 285 g/mol. The minimum Gasteiger partial charge on any atom is -0.510 e. The fourth-order valence-corrected chi connectivity index (χ4v) is 3.46. The molecule has 0 fully saturated rings. The summed E-state index contributed by atoms with van der Waals surface area (Å²) in [7, 11) is -1.32. The second-order valence-corrected chi connectivity index (χ2v) is 6.31. The molecule has 0 atom stereocenters. The van der Waals surface area contributed by atoms with Gasteiger partial charge < -0.3 is 8.85 Å². The summed E-state index contributed by atoms with van der Waals surface area (Å²) in [5, 5.41) is 0. The number of benzene rings is 2. The molecule has 0 N–H and O–H groups in total. The van der Waals surface area contributed by atoms with Crippen molar-refractivity contribution in [2.24, 2.45) is 0 Å². The third-order valence-electron chi connectivity index (χ3n) is 2.93. The van der Waals surface area contributed by atoms with Crippen LogP contribution in [-0.2, 0) is 0 Å². The minimum absolute atomic E-state index is 0.897. The highest BCUT2D eigenvalue weighted by Crippen LogP contribution is 2.17. The Bertz CT molecular complexity index is 431. The van der Waals surface area contributed by atoms with E-state index in [0.29, 0.717) is 0 Å². The van der Waals surface area contributed by atoms with Crippen LogP contribution in [0.4, 0.5) is 0 Å². The molecule has 0 heterocycles. The van der Waals surface area contributed by atoms with Crippen molar-refractivity contribution in [2.75, 3.05) is 0 Å². The van der Waals surface area contributed by atoms with Crippen molar-refractivity contribution in [1.29, 1.82) is 0 Å². The van der Waals surface area contributed by atoms with Gasteiger partial charge >= 0.3 is 9.28 Å². The maximum Gasteiger partial charge on any atom is 0.532 e. The van der Waals surface area contributed by atoms with Crippen LogP contribution in [0.25, 0.3) is 0 Å². The molecule has 0 saturated heterocycles. The molecule has 0 aliphatic rings. The Hall–Kier alpha value is -1.74. The highest BCUT2D eigenvalue weighted by Gasteiger charge is 2.20. The molecule has 0 unspecified atom stereocenters. The van der Waals surface area contributed by atoms with E-state index in [1.165, 1.54) is 12.8 Å². The van der Waals surface area contributed by atoms with Crippen LogP contribution in [0.5, 0.6) is 11.5 Å². The number of para-hydroxylation sites is 2. The topological polar surface area (TPSA) is 18.5 Å². The third kappa shape index (κ3) is 5.09. The van der Waals surface area contributed by atoms with Crippen LogP contribution in [0.1, 0.15) is 26.2 Å². The van der Waals surface area contributed by atoms with Crippen molar-refractivity contribution in [3.8, 4) is 11.5 Å². The molecule has 105 valence electrons. The molecule has 1 radical (unpaired) electrons. The van der Waals surface area contributed by atoms with Crippen LogP contribution < -0.4 is 8.85 Å². The molecule has 0 aromatic heterocycles. The molecule has 2 rings (SSSR count). The summed E-state index contributed by atoms with van der Waals surface area (Å²) in [5.41, 5.74) is 0. The van der Waals surface area contributed by atoms with Gasteiger partial charge in [0.1, 0.15) is 11.5 Å². The van der Waals surface area contributed by atoms with E-state index in [4.69, 9.17) is 8.85 Å². The van der Waals surface area contributed by atoms with Crippen LogP contribution >= 0.6 is 0 Å². The Morgan fingerprint density at radius 3 is 1.70 bits per heavy atom. The number of rotatable bonds is 8. The van der Waals surface area contributed by atoms with Gasteiger partial charge in [0.2, 0.25) is 0 Å². The Morgan fingerprint density at radius 2 is 1.25 bits per heavy atom. The van der Waals surface area contributed by atoms with Gasteiger partial charge in [0.25, 0.3) is 0 Å². The Kier molecular flexibility index (Phi) is 6.18. The lowest BCUT2D eigenvalue weighted by atomic mass is 10.3. The third-order valence-corrected chi connectivity index (χ3v) is 4.62. The van der Waals surface area contributed by atoms with Gasteiger partial charge in [-0.2, -0.15) is 0 Å². The number of hydrogen-bond acceptors (Lipinski definition) is 2. The summed E-state index contributed by atoms with van der Waals surface area (Å²) in [5.74, 6) is 1.79. The largest absolute Gasteiger partial charge is 0.532 e. The minimum atomic E-state index is -1.32. The molecule has 2 aromatic rings. The van der Waals surface area contributed by atoms with Crippen molar-refractivity contribution in [3.63, 3.8) is 0 Å². The molecular weight excluding hydrogens is 264 g/mol. The molecule has 0 saturated carbocycles. The fourth-order valence-electron chi connectivity index (χ4n) is 1.88. The first-order valence-corrected chi connectivity index (χ1v) is 8.72. The van der Waals surface area contributed by atoms with Crippen LogP contribution in [-0.4, -0.2) is 9.28 Å². The molecule has 20 heavy (non-hydrogen) atoms. The molecule has 3 heteroatoms. The van der Waals surface area contributed by atoms with Crippen molar-refractivity contribution < 1.29 is 8.85 Å². The number of hydrogen-bond donors (Lipinski definition) is 0. The van der Waals surface area contributed by atoms with Crippen LogP contribution in [0.3, 0.4) is 0 Å². The molecular formula is C17H21O2Si. The van der Waals surface area contributed by atoms with Gasteiger partial charge in [-0.25, -0.2) is 0 Å². The van der Waals surface area contributed by atoms with E-state index >= 15 is 0 Å². The maximum atomic E-state index is 6.04. The first kappa shape index (κ1) is 14.7. The van der Waals surface area contributed by atoms with E-state index < -0.39 is 9.28 Å². The first-order valence-electron chi connectivity index (χ1n) is 7.20. The lowest BCUT2D eigenvalue weighted by molar-refractivity contribution is 0.417. The van der Waals surface area contributed by atoms with Crippen molar-refractivity contribution in [2.45, 2.75) is 32.2 Å². The van der Waals surface area contributed by atoms with Gasteiger partial charge in [-0.1, -0.05) is 56.2 Å². The summed E-state index contributed by atoms with van der Waals surface area (Å²) in [6.45, 7) is 2.21. The van der Waals surface area contributed by atoms with E-state index in [-0.39, 0.29) is 0 Å². The van der Waals surface area contributed by atoms with Crippen molar-refractivity contribution in [1.82, 2.24) is 0 Å². The predicted molar refractivity (Wildman–Crippen MR) is 84.2 cm³/mol. The van der Waals surface area contributed by atoms with E-state index in [2.05, 4.69) is 6.92 Å². The van der Waals surface area contributed by atoms with Crippen LogP contribution in [0, 0.1) is 0 Å². The lowest BCUT2D eigenvalue weighted by Gasteiger charge is -2.17. The molecule has 2 nitrogen and oxygen atoms in total. The fraction of sp³-hybridized carbons (Fsp3) is 0.294. The predicted octanol–water partition coefficient (Wildman–Crippen LogP) is 4.82. The van der Waals surface area contributed by atoms with Crippen LogP contribution in [0.15, 0.2) is 60.7 Å². The summed E-state index contributed by atoms with van der Waals surface area (Å²) in [4.78, 5) is 0. The van der Waals surface area contributed by atoms with E-state index in [0.717, 1.165) is 24.0 Å². The number of unbranched alkanes of at least 4 members (excludes halogenated alkanes) is 2. The summed E-state index contributed by atoms with van der Waals surface area (Å²) in [6.07, 6.45) is 3.60. The second-order valence-electron chi connectivity index (χ2n) is 4.66. The summed E-state index contributed by atoms with van der Waals surface area (Å²) in [6, 6.07) is 20.9. The van der Waals surface area contributed by atoms with Gasteiger partial charge in [-0.05, 0) is 30.7 Å². The van der Waals surface area contributed by atoms with Gasteiger partial charge in [0.05, 0.1) is 0 Å². The molecule has 0 aliphatic carbocycles. The average Bonchev–Trinajstić information content (AvgIpc) is 2.49. The normalized spacial score (nSPS) is 10.5. The molecule has 0 aliphatic heterocycles. The van der Waals surface area contributed by atoms with Gasteiger partial charge in [-0.3, -0.25) is 0 Å². The summed E-state index contributed by atoms with van der Waals surface area (Å²) < 4.78 is 12.1. The molecule has 0 bridgehead atoms. The van der Waals surface area contributed by atoms with E-state index in [1.807, 2.05) is 60.7 Å². The highest BCUT2D eigenvalue weighted by molar-refractivity contribution is 6.46. The molecule has 2 aromatic carbocycles. The smallest absolute Gasteiger partial charge is 0.510 e. The van der Waals surface area contributed by atoms with Gasteiger partial charge in [-0.15, -0.1) is 0 Å². The zero-order valence-electron chi connectivity index (χ0n) is 11.9. The zero-order valence-corrected chi connectivity index (χ0v) is 12.9. The lowest BCUT2D eigenvalue weighted by Crippen LogP contribution is -2.29. The Labute approximate surface area is 123 Å². The first-order chi connectivity index (χ1) is 9.88. The second kappa shape index (κ2) is 8.43. The van der Waals surface area contributed by atoms with Gasteiger partial charge in [0, 0.05) is 6.04 Å². The SMILES string of the molecule is CCCCC[Si](Oc1ccccc1)Oc1ccccc1. The quantitative estimate of drug-likeness (QED) is 0.511. The van der Waals surface area contributed by atoms with Gasteiger partial charge in [0.15, 0.2) is 0 Å². The zero-order chi connectivity index (χ0) is 14.0. The van der Waals surface area contributed by atoms with E-state index in [1.54, 1.807) is 0 Å². The Morgan fingerprint density at radius 1 is 0.750 bits per heavy atom. The standard InChI is InChI=1S/C17H21O2Si/c1-2-3-10-15-20(18-16-11-6-4-7-12-16)19-17-13-8-5-9-14-17/h4-9,11-14H,2-3,10,15H2,1H3. The van der Waals surface area contributed by atoms with Crippen molar-refractivity contribution >= 4 is 9.28 Å². The van der Waals surface area contributed by atoms with Crippen molar-refractivity contribution in [3.05, 3.63) is 60.7 Å². The molecule has 0 amide bonds. The summed E-state index contributed by atoms with van der Waals surface area (Å²) >= 11 is 0. The van der Waals surface area contributed by atoms with E-state index in [9.17, 15) is 0 Å². The molecule has 0 spiro atoms. The Balaban J connectivity index is 1.96. The highest BCUT2D eigenvalue weighted by atomic mass is 28.3. The maximum absolute atomic E-state index is 6.04.